The third kappa shape index (κ3) is 4.85. The number of rotatable bonds is 8. The number of fused-ring (bicyclic) bond motifs is 3. The number of nitrogens with zero attached hydrogens (tertiary/aromatic N) is 1. The molecule has 6 heteroatoms. The molecule has 4 aromatic rings. The zero-order valence-electron chi connectivity index (χ0n) is 19.6. The molecule has 0 spiro atoms. The Labute approximate surface area is 204 Å². The summed E-state index contributed by atoms with van der Waals surface area (Å²) in [5.41, 5.74) is 4.11. The third-order valence-electron chi connectivity index (χ3n) is 6.78. The average molecular weight is 472 g/mol. The van der Waals surface area contributed by atoms with Gasteiger partial charge in [-0.1, -0.05) is 48.5 Å². The lowest BCUT2D eigenvalue weighted by atomic mass is 9.89. The molecule has 0 saturated carbocycles. The van der Waals surface area contributed by atoms with E-state index in [0.29, 0.717) is 56.7 Å². The molecule has 35 heavy (non-hydrogen) atoms. The number of amides is 1. The van der Waals surface area contributed by atoms with Crippen molar-refractivity contribution in [3.8, 4) is 0 Å². The molecular formula is C29H29NO5. The molecule has 2 atom stereocenters. The van der Waals surface area contributed by atoms with Gasteiger partial charge in [-0.05, 0) is 41.3 Å². The summed E-state index contributed by atoms with van der Waals surface area (Å²) in [6.07, 6.45) is 1.44. The maximum atomic E-state index is 13.6. The maximum absolute atomic E-state index is 13.6. The average Bonchev–Trinajstić information content (AvgIpc) is 3.28. The largest absolute Gasteiger partial charge is 0.456 e. The monoisotopic (exact) mass is 471 g/mol. The number of aliphatic hydroxyl groups excluding tert-OH is 1. The number of aldehydes is 1. The maximum Gasteiger partial charge on any atom is 0.230 e. The molecule has 1 amide bonds. The van der Waals surface area contributed by atoms with Gasteiger partial charge in [0.2, 0.25) is 5.91 Å². The van der Waals surface area contributed by atoms with Gasteiger partial charge < -0.3 is 24.0 Å². The van der Waals surface area contributed by atoms with Crippen LogP contribution >= 0.6 is 0 Å². The molecule has 3 aromatic carbocycles. The molecule has 2 heterocycles. The number of furan rings is 1. The number of hydrogen-bond acceptors (Lipinski definition) is 5. The summed E-state index contributed by atoms with van der Waals surface area (Å²) in [4.78, 5) is 26.6. The Morgan fingerprint density at radius 1 is 1.00 bits per heavy atom. The van der Waals surface area contributed by atoms with Crippen molar-refractivity contribution in [2.24, 2.45) is 0 Å². The highest BCUT2D eigenvalue weighted by molar-refractivity contribution is 6.08. The van der Waals surface area contributed by atoms with Gasteiger partial charge in [-0.3, -0.25) is 4.79 Å². The Bertz CT molecular complexity index is 1320. The Morgan fingerprint density at radius 2 is 1.80 bits per heavy atom. The highest BCUT2D eigenvalue weighted by Crippen LogP contribution is 2.38. The number of ether oxygens (including phenoxy) is 1. The summed E-state index contributed by atoms with van der Waals surface area (Å²) < 4.78 is 11.6. The summed E-state index contributed by atoms with van der Waals surface area (Å²) in [5.74, 6) is -0.446. The molecule has 1 aliphatic rings. The fraction of sp³-hybridized carbons (Fsp3) is 0.310. The van der Waals surface area contributed by atoms with E-state index in [-0.39, 0.29) is 5.91 Å². The van der Waals surface area contributed by atoms with Crippen molar-refractivity contribution in [2.45, 2.75) is 31.3 Å². The fourth-order valence-electron chi connectivity index (χ4n) is 4.98. The van der Waals surface area contributed by atoms with Gasteiger partial charge in [-0.25, -0.2) is 0 Å². The Balaban J connectivity index is 1.56. The van der Waals surface area contributed by atoms with Crippen LogP contribution in [0.1, 0.15) is 41.6 Å². The molecule has 1 fully saturated rings. The van der Waals surface area contributed by atoms with E-state index < -0.39 is 12.0 Å². The first-order chi connectivity index (χ1) is 17.2. The van der Waals surface area contributed by atoms with Crippen molar-refractivity contribution in [3.05, 3.63) is 83.4 Å². The molecule has 5 rings (SSSR count). The van der Waals surface area contributed by atoms with Gasteiger partial charge in [0.25, 0.3) is 0 Å². The second-order valence-corrected chi connectivity index (χ2v) is 9.02. The summed E-state index contributed by atoms with van der Waals surface area (Å²) in [7, 11) is 0. The second kappa shape index (κ2) is 10.4. The molecule has 2 unspecified atom stereocenters. The highest BCUT2D eigenvalue weighted by Gasteiger charge is 2.29. The number of morpholine rings is 1. The Kier molecular flexibility index (Phi) is 6.93. The van der Waals surface area contributed by atoms with Crippen molar-refractivity contribution in [3.63, 3.8) is 0 Å². The van der Waals surface area contributed by atoms with Crippen LogP contribution < -0.4 is 0 Å². The van der Waals surface area contributed by atoms with Gasteiger partial charge in [0, 0.05) is 36.7 Å². The van der Waals surface area contributed by atoms with E-state index in [1.807, 2.05) is 71.6 Å². The Morgan fingerprint density at radius 3 is 2.57 bits per heavy atom. The van der Waals surface area contributed by atoms with Gasteiger partial charge in [0.05, 0.1) is 25.2 Å². The van der Waals surface area contributed by atoms with Crippen LogP contribution in [0.2, 0.25) is 0 Å². The molecule has 6 nitrogen and oxygen atoms in total. The first kappa shape index (κ1) is 23.3. The zero-order chi connectivity index (χ0) is 24.2. The first-order valence-corrected chi connectivity index (χ1v) is 12.1. The van der Waals surface area contributed by atoms with Crippen LogP contribution in [0, 0.1) is 0 Å². The van der Waals surface area contributed by atoms with E-state index in [4.69, 9.17) is 9.15 Å². The van der Waals surface area contributed by atoms with E-state index in [1.165, 1.54) is 0 Å². The van der Waals surface area contributed by atoms with Crippen LogP contribution in [0.3, 0.4) is 0 Å². The Hall–Kier alpha value is -3.48. The second-order valence-electron chi connectivity index (χ2n) is 9.02. The quantitative estimate of drug-likeness (QED) is 0.374. The van der Waals surface area contributed by atoms with Crippen molar-refractivity contribution in [1.82, 2.24) is 4.90 Å². The number of carbonyl (C=O) groups is 2. The topological polar surface area (TPSA) is 80.0 Å². The van der Waals surface area contributed by atoms with E-state index in [2.05, 4.69) is 0 Å². The number of aliphatic hydroxyl groups is 1. The number of carbonyl (C=O) groups excluding carboxylic acids is 2. The lowest BCUT2D eigenvalue weighted by molar-refractivity contribution is -0.137. The van der Waals surface area contributed by atoms with Gasteiger partial charge >= 0.3 is 0 Å². The summed E-state index contributed by atoms with van der Waals surface area (Å²) in [5, 5.41) is 12.7. The van der Waals surface area contributed by atoms with Crippen molar-refractivity contribution in [2.75, 3.05) is 26.3 Å². The van der Waals surface area contributed by atoms with Gasteiger partial charge in [-0.15, -0.1) is 0 Å². The predicted octanol–water partition coefficient (Wildman–Crippen LogP) is 4.78. The van der Waals surface area contributed by atoms with Gasteiger partial charge in [0.1, 0.15) is 17.5 Å². The van der Waals surface area contributed by atoms with Crippen LogP contribution in [0.4, 0.5) is 0 Å². The summed E-state index contributed by atoms with van der Waals surface area (Å²) >= 11 is 0. The predicted molar refractivity (Wildman–Crippen MR) is 134 cm³/mol. The molecular weight excluding hydrogens is 442 g/mol. The standard InChI is InChI=1S/C29H29NO5/c31-15-5-9-23(29(33)30-13-16-34-17-14-30)22-8-4-10-27-28(22)24-19-21(11-12-26(24)35-27)25(32)18-20-6-2-1-3-7-20/h1-4,6-8,10-12,15,19,23,25,32H,5,9,13-14,16-18H2. The normalized spacial score (nSPS) is 15.9. The molecule has 1 aromatic heterocycles. The van der Waals surface area contributed by atoms with Crippen LogP contribution in [-0.4, -0.2) is 48.5 Å². The van der Waals surface area contributed by atoms with E-state index in [1.54, 1.807) is 0 Å². The zero-order valence-corrected chi connectivity index (χ0v) is 19.6. The first-order valence-electron chi connectivity index (χ1n) is 12.1. The smallest absolute Gasteiger partial charge is 0.230 e. The summed E-state index contributed by atoms with van der Waals surface area (Å²) in [6, 6.07) is 21.4. The lowest BCUT2D eigenvalue weighted by Crippen LogP contribution is -2.43. The van der Waals surface area contributed by atoms with Crippen LogP contribution in [0.5, 0.6) is 0 Å². The minimum Gasteiger partial charge on any atom is -0.456 e. The van der Waals surface area contributed by atoms with E-state index in [9.17, 15) is 14.7 Å². The SMILES string of the molecule is O=CCCC(C(=O)N1CCOCC1)c1cccc2oc3ccc(C(O)Cc4ccccc4)cc3c12. The highest BCUT2D eigenvalue weighted by atomic mass is 16.5. The third-order valence-corrected chi connectivity index (χ3v) is 6.78. The molecule has 0 radical (unpaired) electrons. The van der Waals surface area contributed by atoms with E-state index >= 15 is 0 Å². The number of hydrogen-bond donors (Lipinski definition) is 1. The van der Waals surface area contributed by atoms with E-state index in [0.717, 1.165) is 33.7 Å². The molecule has 1 aliphatic heterocycles. The van der Waals surface area contributed by atoms with Gasteiger partial charge in [-0.2, -0.15) is 0 Å². The minimum atomic E-state index is -0.667. The minimum absolute atomic E-state index is 0.0114. The van der Waals surface area contributed by atoms with Crippen molar-refractivity contribution < 1.29 is 23.8 Å². The van der Waals surface area contributed by atoms with Gasteiger partial charge in [0.15, 0.2) is 0 Å². The van der Waals surface area contributed by atoms with Crippen molar-refractivity contribution >= 4 is 34.1 Å². The number of benzene rings is 3. The van der Waals surface area contributed by atoms with Crippen LogP contribution in [0.25, 0.3) is 21.9 Å². The van der Waals surface area contributed by atoms with Crippen LogP contribution in [-0.2, 0) is 20.7 Å². The van der Waals surface area contributed by atoms with Crippen molar-refractivity contribution in [1.29, 1.82) is 0 Å². The molecule has 1 N–H and O–H groups in total. The molecule has 0 bridgehead atoms. The summed E-state index contributed by atoms with van der Waals surface area (Å²) in [6.45, 7) is 2.14. The van der Waals surface area contributed by atoms with Crippen LogP contribution in [0.15, 0.2) is 71.1 Å². The lowest BCUT2D eigenvalue weighted by Gasteiger charge is -2.30. The molecule has 180 valence electrons. The molecule has 0 aliphatic carbocycles. The fourth-order valence-corrected chi connectivity index (χ4v) is 4.98. The molecule has 1 saturated heterocycles.